The molecular weight excluding hydrogens is 269 g/mol. The zero-order valence-electron chi connectivity index (χ0n) is 12.8. The number of carbonyl (C=O) groups is 1. The molecule has 3 rings (SSSR count). The van der Waals surface area contributed by atoms with Gasteiger partial charge in [0.05, 0.1) is 17.7 Å². The van der Waals surface area contributed by atoms with E-state index in [-0.39, 0.29) is 12.2 Å². The normalized spacial score (nSPS) is 26.6. The van der Waals surface area contributed by atoms with Crippen molar-refractivity contribution in [2.24, 2.45) is 0 Å². The summed E-state index contributed by atoms with van der Waals surface area (Å²) >= 11 is 0. The second-order valence-electron chi connectivity index (χ2n) is 6.49. The first-order chi connectivity index (χ1) is 9.80. The second kappa shape index (κ2) is 4.75. The molecule has 2 aliphatic heterocycles. The molecule has 112 valence electrons. The smallest absolute Gasteiger partial charge is 0.439 e. The van der Waals surface area contributed by atoms with Crippen molar-refractivity contribution in [1.82, 2.24) is 5.32 Å². The molecule has 1 aromatic rings. The highest BCUT2D eigenvalue weighted by Crippen LogP contribution is 2.37. The van der Waals surface area contributed by atoms with E-state index in [1.807, 2.05) is 52.0 Å². The molecule has 0 saturated carbocycles. The number of hydrogen-bond acceptors (Lipinski definition) is 4. The second-order valence-corrected chi connectivity index (χ2v) is 6.49. The average molecular weight is 289 g/mol. The zero-order valence-corrected chi connectivity index (χ0v) is 12.8. The fourth-order valence-electron chi connectivity index (χ4n) is 2.55. The molecule has 5 nitrogen and oxygen atoms in total. The highest BCUT2D eigenvalue weighted by molar-refractivity contribution is 6.62. The van der Waals surface area contributed by atoms with Crippen LogP contribution in [-0.4, -0.2) is 31.0 Å². The predicted octanol–water partition coefficient (Wildman–Crippen LogP) is 1.77. The molecule has 0 aliphatic carbocycles. The van der Waals surface area contributed by atoms with Gasteiger partial charge in [-0.1, -0.05) is 24.3 Å². The van der Waals surface area contributed by atoms with Crippen LogP contribution >= 0.6 is 0 Å². The van der Waals surface area contributed by atoms with Crippen LogP contribution in [0.25, 0.3) is 0 Å². The molecule has 0 aromatic heterocycles. The molecule has 2 saturated heterocycles. The van der Waals surface area contributed by atoms with Crippen molar-refractivity contribution in [2.75, 3.05) is 6.54 Å². The summed E-state index contributed by atoms with van der Waals surface area (Å²) in [6, 6.07) is 7.78. The highest BCUT2D eigenvalue weighted by Gasteiger charge is 2.52. The number of cyclic esters (lactones) is 1. The number of nitrogens with one attached hydrogen (secondary N) is 1. The van der Waals surface area contributed by atoms with Crippen LogP contribution in [0.1, 0.15) is 39.4 Å². The van der Waals surface area contributed by atoms with Gasteiger partial charge < -0.3 is 19.4 Å². The molecule has 1 amide bonds. The largest absolute Gasteiger partial charge is 0.495 e. The van der Waals surface area contributed by atoms with Crippen molar-refractivity contribution >= 4 is 18.7 Å². The van der Waals surface area contributed by atoms with Crippen LogP contribution < -0.4 is 10.8 Å². The van der Waals surface area contributed by atoms with Gasteiger partial charge in [0.25, 0.3) is 0 Å². The number of carbonyl (C=O) groups excluding carboxylic acids is 1. The molecule has 2 heterocycles. The third-order valence-electron chi connectivity index (χ3n) is 4.53. The van der Waals surface area contributed by atoms with Crippen molar-refractivity contribution in [3.63, 3.8) is 0 Å². The van der Waals surface area contributed by atoms with E-state index in [1.165, 1.54) is 0 Å². The third-order valence-corrected chi connectivity index (χ3v) is 4.53. The Labute approximate surface area is 125 Å². The Morgan fingerprint density at radius 1 is 1.14 bits per heavy atom. The first-order valence-corrected chi connectivity index (χ1v) is 7.19. The highest BCUT2D eigenvalue weighted by atomic mass is 16.7. The molecule has 1 aromatic carbocycles. The zero-order chi connectivity index (χ0) is 15.3. The van der Waals surface area contributed by atoms with Crippen LogP contribution in [0.2, 0.25) is 0 Å². The Morgan fingerprint density at radius 3 is 2.33 bits per heavy atom. The monoisotopic (exact) mass is 289 g/mol. The van der Waals surface area contributed by atoms with Gasteiger partial charge in [0.2, 0.25) is 0 Å². The minimum Gasteiger partial charge on any atom is -0.439 e. The van der Waals surface area contributed by atoms with Gasteiger partial charge in [-0.15, -0.1) is 0 Å². The van der Waals surface area contributed by atoms with Gasteiger partial charge in [-0.25, -0.2) is 4.79 Å². The number of benzene rings is 1. The molecule has 21 heavy (non-hydrogen) atoms. The van der Waals surface area contributed by atoms with Gasteiger partial charge in [0.15, 0.2) is 0 Å². The summed E-state index contributed by atoms with van der Waals surface area (Å²) < 4.78 is 17.5. The number of ether oxygens (including phenoxy) is 1. The lowest BCUT2D eigenvalue weighted by Crippen LogP contribution is -2.41. The van der Waals surface area contributed by atoms with Gasteiger partial charge in [-0.2, -0.15) is 0 Å². The summed E-state index contributed by atoms with van der Waals surface area (Å²) in [5.41, 5.74) is 1.05. The molecule has 0 spiro atoms. The van der Waals surface area contributed by atoms with E-state index in [0.717, 1.165) is 11.0 Å². The number of hydrogen-bond donors (Lipinski definition) is 1. The molecule has 0 radical (unpaired) electrons. The number of alkyl carbamates (subject to hydrolysis) is 1. The molecule has 6 heteroatoms. The topological polar surface area (TPSA) is 56.8 Å². The Bertz CT molecular complexity index is 557. The van der Waals surface area contributed by atoms with Crippen molar-refractivity contribution in [3.8, 4) is 0 Å². The van der Waals surface area contributed by atoms with Crippen LogP contribution in [0, 0.1) is 0 Å². The van der Waals surface area contributed by atoms with Gasteiger partial charge in [0.1, 0.15) is 6.10 Å². The van der Waals surface area contributed by atoms with Gasteiger partial charge in [-0.3, -0.25) is 0 Å². The lowest BCUT2D eigenvalue weighted by Gasteiger charge is -2.32. The molecule has 1 unspecified atom stereocenters. The van der Waals surface area contributed by atoms with Crippen molar-refractivity contribution < 1.29 is 18.8 Å². The molecular formula is C15H20BNO4. The summed E-state index contributed by atoms with van der Waals surface area (Å²) in [7, 11) is -0.453. The maximum atomic E-state index is 11.3. The van der Waals surface area contributed by atoms with E-state index in [4.69, 9.17) is 14.0 Å². The van der Waals surface area contributed by atoms with Crippen LogP contribution in [0.4, 0.5) is 4.79 Å². The SMILES string of the molecule is CC1(C)OB(c2ccccc2C2CNC(=O)O2)OC1(C)C. The quantitative estimate of drug-likeness (QED) is 0.843. The first-order valence-electron chi connectivity index (χ1n) is 7.19. The third kappa shape index (κ3) is 2.42. The molecule has 2 aliphatic rings. The van der Waals surface area contributed by atoms with Gasteiger partial charge >= 0.3 is 13.2 Å². The van der Waals surface area contributed by atoms with E-state index < -0.39 is 18.3 Å². The lowest BCUT2D eigenvalue weighted by molar-refractivity contribution is 0.00578. The summed E-state index contributed by atoms with van der Waals surface area (Å²) in [6.45, 7) is 8.55. The van der Waals surface area contributed by atoms with E-state index >= 15 is 0 Å². The standard InChI is InChI=1S/C15H20BNO4/c1-14(2)15(3,4)21-16(20-14)11-8-6-5-7-10(11)12-9-17-13(18)19-12/h5-8,12H,9H2,1-4H3,(H,17,18). The maximum absolute atomic E-state index is 11.3. The Morgan fingerprint density at radius 2 is 1.76 bits per heavy atom. The lowest BCUT2D eigenvalue weighted by atomic mass is 9.75. The summed E-state index contributed by atoms with van der Waals surface area (Å²) in [5, 5.41) is 2.68. The van der Waals surface area contributed by atoms with Gasteiger partial charge in [-0.05, 0) is 38.7 Å². The van der Waals surface area contributed by atoms with E-state index in [0.29, 0.717) is 6.54 Å². The molecule has 0 bridgehead atoms. The van der Waals surface area contributed by atoms with Gasteiger partial charge in [0, 0.05) is 0 Å². The van der Waals surface area contributed by atoms with Crippen molar-refractivity contribution in [1.29, 1.82) is 0 Å². The van der Waals surface area contributed by atoms with Crippen LogP contribution in [-0.2, 0) is 14.0 Å². The summed E-state index contributed by atoms with van der Waals surface area (Å²) in [4.78, 5) is 11.3. The molecule has 2 fully saturated rings. The van der Waals surface area contributed by atoms with Crippen LogP contribution in [0.3, 0.4) is 0 Å². The summed E-state index contributed by atoms with van der Waals surface area (Å²) in [5.74, 6) is 0. The number of amides is 1. The molecule has 1 atom stereocenters. The first kappa shape index (κ1) is 14.4. The fourth-order valence-corrected chi connectivity index (χ4v) is 2.55. The maximum Gasteiger partial charge on any atom is 0.495 e. The Hall–Kier alpha value is -1.53. The minimum absolute atomic E-state index is 0.298. The fraction of sp³-hybridized carbons (Fsp3) is 0.533. The predicted molar refractivity (Wildman–Crippen MR) is 79.4 cm³/mol. The number of rotatable bonds is 2. The van der Waals surface area contributed by atoms with Crippen LogP contribution in [0.5, 0.6) is 0 Å². The van der Waals surface area contributed by atoms with E-state index in [9.17, 15) is 4.79 Å². The van der Waals surface area contributed by atoms with E-state index in [2.05, 4.69) is 5.32 Å². The Kier molecular flexibility index (Phi) is 3.26. The van der Waals surface area contributed by atoms with Crippen molar-refractivity contribution in [3.05, 3.63) is 29.8 Å². The molecule has 1 N–H and O–H groups in total. The average Bonchev–Trinajstić information content (AvgIpc) is 2.92. The van der Waals surface area contributed by atoms with Crippen LogP contribution in [0.15, 0.2) is 24.3 Å². The Balaban J connectivity index is 1.92. The van der Waals surface area contributed by atoms with E-state index in [1.54, 1.807) is 0 Å². The van der Waals surface area contributed by atoms with Crippen molar-refractivity contribution in [2.45, 2.75) is 45.0 Å². The summed E-state index contributed by atoms with van der Waals surface area (Å²) in [6.07, 6.45) is -0.684. The minimum atomic E-state index is -0.453.